The Morgan fingerprint density at radius 1 is 1.00 bits per heavy atom. The van der Waals surface area contributed by atoms with Crippen LogP contribution in [0.15, 0.2) is 70.1 Å². The van der Waals surface area contributed by atoms with Crippen LogP contribution >= 0.6 is 0 Å². The number of hydrogen-bond donors (Lipinski definition) is 0. The minimum absolute atomic E-state index is 0.0694. The monoisotopic (exact) mass is 427 g/mol. The first-order chi connectivity index (χ1) is 15.6. The first kappa shape index (κ1) is 20.2. The van der Waals surface area contributed by atoms with Crippen molar-refractivity contribution >= 4 is 45.2 Å². The molecule has 0 aliphatic heterocycles. The van der Waals surface area contributed by atoms with Gasteiger partial charge in [-0.1, -0.05) is 37.5 Å². The first-order valence-corrected chi connectivity index (χ1v) is 11.1. The van der Waals surface area contributed by atoms with Crippen molar-refractivity contribution in [3.63, 3.8) is 0 Å². The van der Waals surface area contributed by atoms with E-state index in [1.54, 1.807) is 18.3 Å². The van der Waals surface area contributed by atoms with Crippen LogP contribution in [-0.4, -0.2) is 24.2 Å². The number of fused-ring (bicyclic) bond motifs is 3. The second kappa shape index (κ2) is 8.46. The van der Waals surface area contributed by atoms with Gasteiger partial charge in [0, 0.05) is 59.5 Å². The Labute approximate surface area is 186 Å². The summed E-state index contributed by atoms with van der Waals surface area (Å²) in [7, 11) is 2.08. The number of hydrogen-bond acceptors (Lipinski definition) is 5. The molecule has 0 radical (unpaired) electrons. The fourth-order valence-corrected chi connectivity index (χ4v) is 4.68. The summed E-state index contributed by atoms with van der Waals surface area (Å²) in [6.07, 6.45) is 7.75. The molecule has 1 aromatic heterocycles. The standard InChI is InChI=1S/C26H25N3O3/c1-28(20-7-3-2-4-8-20)24-14-12-21(29(30)31)15-18(24)17-27-19-11-13-23-22-9-5-6-10-25(22)32-26(23)16-19/h5-6,9-17,20H,2-4,7-8H2,1H3. The van der Waals surface area contributed by atoms with E-state index in [1.807, 2.05) is 48.5 Å². The normalized spacial score (nSPS) is 15.0. The van der Waals surface area contributed by atoms with Crippen molar-refractivity contribution < 1.29 is 9.34 Å². The zero-order valence-corrected chi connectivity index (χ0v) is 18.0. The van der Waals surface area contributed by atoms with Crippen LogP contribution in [0.3, 0.4) is 0 Å². The molecular weight excluding hydrogens is 402 g/mol. The molecule has 0 saturated heterocycles. The predicted octanol–water partition coefficient (Wildman–Crippen LogP) is 7.01. The Morgan fingerprint density at radius 3 is 2.59 bits per heavy atom. The van der Waals surface area contributed by atoms with Crippen LogP contribution in [0.25, 0.3) is 21.9 Å². The molecule has 0 atom stereocenters. The van der Waals surface area contributed by atoms with Crippen LogP contribution in [0.2, 0.25) is 0 Å². The molecule has 3 aromatic carbocycles. The number of nitrogens with zero attached hydrogens (tertiary/aromatic N) is 3. The van der Waals surface area contributed by atoms with E-state index in [2.05, 4.69) is 16.9 Å². The van der Waals surface area contributed by atoms with Crippen molar-refractivity contribution in [2.24, 2.45) is 4.99 Å². The molecule has 6 nitrogen and oxygen atoms in total. The molecule has 1 aliphatic rings. The Morgan fingerprint density at radius 2 is 1.78 bits per heavy atom. The molecule has 1 heterocycles. The molecule has 6 heteroatoms. The summed E-state index contributed by atoms with van der Waals surface area (Å²) in [6, 6.07) is 19.3. The van der Waals surface area contributed by atoms with E-state index in [4.69, 9.17) is 4.42 Å². The van der Waals surface area contributed by atoms with Crippen LogP contribution in [0.1, 0.15) is 37.7 Å². The number of nitro benzene ring substituents is 1. The third-order valence-corrected chi connectivity index (χ3v) is 6.44. The van der Waals surface area contributed by atoms with Crippen LogP contribution in [0, 0.1) is 10.1 Å². The average molecular weight is 428 g/mol. The number of aliphatic imine (C=N–C) groups is 1. The van der Waals surface area contributed by atoms with E-state index < -0.39 is 0 Å². The highest BCUT2D eigenvalue weighted by Crippen LogP contribution is 2.33. The van der Waals surface area contributed by atoms with Crippen molar-refractivity contribution in [3.8, 4) is 0 Å². The number of anilines is 1. The highest BCUT2D eigenvalue weighted by molar-refractivity contribution is 6.05. The van der Waals surface area contributed by atoms with E-state index >= 15 is 0 Å². The average Bonchev–Trinajstić information content (AvgIpc) is 3.20. The minimum Gasteiger partial charge on any atom is -0.456 e. The maximum absolute atomic E-state index is 11.4. The molecule has 0 N–H and O–H groups in total. The summed E-state index contributed by atoms with van der Waals surface area (Å²) >= 11 is 0. The van der Waals surface area contributed by atoms with Gasteiger partial charge in [0.25, 0.3) is 5.69 Å². The fourth-order valence-electron chi connectivity index (χ4n) is 4.68. The zero-order valence-electron chi connectivity index (χ0n) is 18.0. The summed E-state index contributed by atoms with van der Waals surface area (Å²) in [5, 5.41) is 13.5. The topological polar surface area (TPSA) is 71.9 Å². The van der Waals surface area contributed by atoms with Gasteiger partial charge in [-0.25, -0.2) is 0 Å². The van der Waals surface area contributed by atoms with Crippen molar-refractivity contribution in [2.45, 2.75) is 38.1 Å². The van der Waals surface area contributed by atoms with Crippen LogP contribution in [-0.2, 0) is 0 Å². The molecule has 0 spiro atoms. The Hall–Kier alpha value is -3.67. The second-order valence-corrected chi connectivity index (χ2v) is 8.44. The first-order valence-electron chi connectivity index (χ1n) is 11.1. The van der Waals surface area contributed by atoms with Crippen molar-refractivity contribution in [2.75, 3.05) is 11.9 Å². The van der Waals surface area contributed by atoms with Crippen molar-refractivity contribution in [1.82, 2.24) is 0 Å². The molecule has 0 unspecified atom stereocenters. The molecule has 0 amide bonds. The van der Waals surface area contributed by atoms with E-state index in [-0.39, 0.29) is 10.6 Å². The molecule has 1 aliphatic carbocycles. The number of nitro groups is 1. The lowest BCUT2D eigenvalue weighted by Gasteiger charge is -2.33. The molecule has 4 aromatic rings. The van der Waals surface area contributed by atoms with Gasteiger partial charge in [-0.2, -0.15) is 0 Å². The molecular formula is C26H25N3O3. The van der Waals surface area contributed by atoms with Gasteiger partial charge in [0.15, 0.2) is 0 Å². The van der Waals surface area contributed by atoms with E-state index in [0.717, 1.165) is 51.7 Å². The molecule has 0 bridgehead atoms. The number of rotatable bonds is 5. The van der Waals surface area contributed by atoms with Gasteiger partial charge >= 0.3 is 0 Å². The molecule has 162 valence electrons. The SMILES string of the molecule is CN(c1ccc([N+](=O)[O-])cc1C=Nc1ccc2c(c1)oc1ccccc12)C1CCCCC1. The maximum atomic E-state index is 11.4. The van der Waals surface area contributed by atoms with Gasteiger partial charge in [0.05, 0.1) is 10.6 Å². The summed E-state index contributed by atoms with van der Waals surface area (Å²) in [5.74, 6) is 0. The predicted molar refractivity (Wildman–Crippen MR) is 129 cm³/mol. The largest absolute Gasteiger partial charge is 0.456 e. The van der Waals surface area contributed by atoms with Gasteiger partial charge in [-0.15, -0.1) is 0 Å². The van der Waals surface area contributed by atoms with E-state index in [9.17, 15) is 10.1 Å². The van der Waals surface area contributed by atoms with Crippen LogP contribution in [0.4, 0.5) is 17.1 Å². The molecule has 1 fully saturated rings. The summed E-state index contributed by atoms with van der Waals surface area (Å²) in [4.78, 5) is 17.9. The minimum atomic E-state index is -0.359. The lowest BCUT2D eigenvalue weighted by atomic mass is 9.94. The molecule has 32 heavy (non-hydrogen) atoms. The smallest absolute Gasteiger partial charge is 0.270 e. The maximum Gasteiger partial charge on any atom is 0.270 e. The summed E-state index contributed by atoms with van der Waals surface area (Å²) in [5.41, 5.74) is 4.15. The van der Waals surface area contributed by atoms with Crippen LogP contribution in [0.5, 0.6) is 0 Å². The molecule has 1 saturated carbocycles. The zero-order chi connectivity index (χ0) is 22.1. The van der Waals surface area contributed by atoms with Crippen molar-refractivity contribution in [1.29, 1.82) is 0 Å². The fraction of sp³-hybridized carbons (Fsp3) is 0.269. The third kappa shape index (κ3) is 3.84. The second-order valence-electron chi connectivity index (χ2n) is 8.44. The highest BCUT2D eigenvalue weighted by atomic mass is 16.6. The van der Waals surface area contributed by atoms with E-state index in [0.29, 0.717) is 6.04 Å². The van der Waals surface area contributed by atoms with Gasteiger partial charge < -0.3 is 9.32 Å². The van der Waals surface area contributed by atoms with Gasteiger partial charge in [0.1, 0.15) is 11.2 Å². The Balaban J connectivity index is 1.50. The van der Waals surface area contributed by atoms with Gasteiger partial charge in [0.2, 0.25) is 0 Å². The third-order valence-electron chi connectivity index (χ3n) is 6.44. The molecule has 5 rings (SSSR count). The number of non-ortho nitro benzene ring substituents is 1. The van der Waals surface area contributed by atoms with Crippen molar-refractivity contribution in [3.05, 3.63) is 76.3 Å². The number of benzene rings is 3. The van der Waals surface area contributed by atoms with Gasteiger partial charge in [-0.3, -0.25) is 15.1 Å². The number of para-hydroxylation sites is 1. The van der Waals surface area contributed by atoms with Crippen LogP contribution < -0.4 is 4.90 Å². The number of furan rings is 1. The Kier molecular flexibility index (Phi) is 5.35. The van der Waals surface area contributed by atoms with Gasteiger partial charge in [-0.05, 0) is 37.1 Å². The van der Waals surface area contributed by atoms with E-state index in [1.165, 1.54) is 19.3 Å². The summed E-state index contributed by atoms with van der Waals surface area (Å²) < 4.78 is 5.97. The quantitative estimate of drug-likeness (QED) is 0.195. The lowest BCUT2D eigenvalue weighted by Crippen LogP contribution is -2.33. The lowest BCUT2D eigenvalue weighted by molar-refractivity contribution is -0.384. The highest BCUT2D eigenvalue weighted by Gasteiger charge is 2.21. The summed E-state index contributed by atoms with van der Waals surface area (Å²) in [6.45, 7) is 0. The Bertz CT molecular complexity index is 1320.